The van der Waals surface area contributed by atoms with E-state index >= 15 is 0 Å². The summed E-state index contributed by atoms with van der Waals surface area (Å²) < 4.78 is 0. The van der Waals surface area contributed by atoms with Crippen molar-refractivity contribution in [1.82, 2.24) is 0 Å². The van der Waals surface area contributed by atoms with Gasteiger partial charge in [-0.05, 0) is 28.7 Å². The molecule has 1 atom stereocenters. The fourth-order valence-corrected chi connectivity index (χ4v) is 2.34. The lowest BCUT2D eigenvalue weighted by atomic mass is 9.97. The summed E-state index contributed by atoms with van der Waals surface area (Å²) in [7, 11) is 0. The molecule has 0 aromatic heterocycles. The van der Waals surface area contributed by atoms with E-state index in [1.54, 1.807) is 0 Å². The first kappa shape index (κ1) is 10.9. The Labute approximate surface area is 94.1 Å². The molecule has 2 bridgehead atoms. The average Bonchev–Trinajstić information content (AvgIpc) is 2.89. The smallest absolute Gasteiger partial charge is 0.300 e. The van der Waals surface area contributed by atoms with Gasteiger partial charge in [0.05, 0.1) is 6.61 Å². The molecule has 3 rings (SSSR count). The van der Waals surface area contributed by atoms with Gasteiger partial charge in [0.25, 0.3) is 5.97 Å². The Morgan fingerprint density at radius 1 is 1.44 bits per heavy atom. The largest absolute Gasteiger partial charge is 0.481 e. The maximum atomic E-state index is 9.11. The van der Waals surface area contributed by atoms with Gasteiger partial charge in [-0.2, -0.15) is 0 Å². The fraction of sp³-hybridized carbons (Fsp3) is 0.308. The first-order valence-electron chi connectivity index (χ1n) is 5.26. The zero-order valence-electron chi connectivity index (χ0n) is 9.10. The predicted octanol–water partition coefficient (Wildman–Crippen LogP) is 1.82. The topological polar surface area (TPSA) is 57.5 Å². The third-order valence-corrected chi connectivity index (χ3v) is 2.91. The summed E-state index contributed by atoms with van der Waals surface area (Å²) in [6.45, 7) is 1.33. The second-order valence-electron chi connectivity index (χ2n) is 4.06. The monoisotopic (exact) mass is 218 g/mol. The number of aliphatic carboxylic acids is 1. The van der Waals surface area contributed by atoms with Crippen LogP contribution in [0.25, 0.3) is 0 Å². The molecule has 0 aromatic carbocycles. The van der Waals surface area contributed by atoms with Crippen LogP contribution in [0.1, 0.15) is 13.3 Å². The first-order chi connectivity index (χ1) is 7.63. The summed E-state index contributed by atoms with van der Waals surface area (Å²) in [5.41, 5.74) is 5.62. The van der Waals surface area contributed by atoms with Gasteiger partial charge >= 0.3 is 0 Å². The summed E-state index contributed by atoms with van der Waals surface area (Å²) in [5, 5.41) is 16.5. The molecule has 84 valence electrons. The number of carboxylic acid groups (broad SMARTS) is 1. The molecule has 0 saturated carbocycles. The highest BCUT2D eigenvalue weighted by Gasteiger charge is 2.32. The third kappa shape index (κ3) is 1.74. The van der Waals surface area contributed by atoms with Crippen LogP contribution >= 0.6 is 0 Å². The Morgan fingerprint density at radius 3 is 2.69 bits per heavy atom. The van der Waals surface area contributed by atoms with Crippen LogP contribution in [-0.4, -0.2) is 22.8 Å². The number of fused-ring (bicyclic) bond motifs is 4. The van der Waals surface area contributed by atoms with Gasteiger partial charge in [0.1, 0.15) is 0 Å². The third-order valence-electron chi connectivity index (χ3n) is 2.91. The van der Waals surface area contributed by atoms with Crippen molar-refractivity contribution < 1.29 is 15.0 Å². The van der Waals surface area contributed by atoms with Crippen LogP contribution in [-0.2, 0) is 4.79 Å². The van der Waals surface area contributed by atoms with Gasteiger partial charge < -0.3 is 10.2 Å². The minimum atomic E-state index is -0.833. The highest BCUT2D eigenvalue weighted by molar-refractivity contribution is 5.68. The lowest BCUT2D eigenvalue weighted by molar-refractivity contribution is -0.134. The van der Waals surface area contributed by atoms with Crippen LogP contribution in [0.4, 0.5) is 0 Å². The van der Waals surface area contributed by atoms with E-state index in [0.717, 1.165) is 13.3 Å². The van der Waals surface area contributed by atoms with Crippen LogP contribution in [0.2, 0.25) is 0 Å². The van der Waals surface area contributed by atoms with Gasteiger partial charge in [-0.25, -0.2) is 0 Å². The average molecular weight is 218 g/mol. The van der Waals surface area contributed by atoms with Gasteiger partial charge in [-0.1, -0.05) is 24.3 Å². The molecule has 0 fully saturated rings. The molecule has 3 aliphatic rings. The maximum absolute atomic E-state index is 9.11. The van der Waals surface area contributed by atoms with E-state index in [2.05, 4.69) is 24.3 Å². The normalized spacial score (nSPS) is 23.8. The predicted molar refractivity (Wildman–Crippen MR) is 60.8 cm³/mol. The summed E-state index contributed by atoms with van der Waals surface area (Å²) >= 11 is 0. The minimum absolute atomic E-state index is 0.250. The summed E-state index contributed by atoms with van der Waals surface area (Å²) in [5.74, 6) is -0.558. The van der Waals surface area contributed by atoms with Crippen molar-refractivity contribution in [3.05, 3.63) is 46.6 Å². The van der Waals surface area contributed by atoms with E-state index < -0.39 is 5.97 Å². The minimum Gasteiger partial charge on any atom is -0.481 e. The first-order valence-corrected chi connectivity index (χ1v) is 5.26. The van der Waals surface area contributed by atoms with E-state index in [-0.39, 0.29) is 12.5 Å². The molecular formula is C13H14O3. The fourth-order valence-electron chi connectivity index (χ4n) is 2.34. The standard InChI is InChI=1S/C11H10O.C2H4O2/c12-6-9-3-4-10-7-1-2-8(5-7)11(9)10;1-2(3)4/h1-4,9,12H,5-6H2;1H3,(H,3,4). The van der Waals surface area contributed by atoms with Crippen LogP contribution < -0.4 is 0 Å². The summed E-state index contributed by atoms with van der Waals surface area (Å²) in [4.78, 5) is 9.00. The Hall–Kier alpha value is -1.61. The number of hydrogen-bond donors (Lipinski definition) is 2. The van der Waals surface area contributed by atoms with Crippen molar-refractivity contribution in [1.29, 1.82) is 0 Å². The number of hydrogen-bond acceptors (Lipinski definition) is 2. The van der Waals surface area contributed by atoms with Crippen molar-refractivity contribution in [3.8, 4) is 0 Å². The Morgan fingerprint density at radius 2 is 2.06 bits per heavy atom. The van der Waals surface area contributed by atoms with E-state index in [1.807, 2.05) is 0 Å². The van der Waals surface area contributed by atoms with Gasteiger partial charge in [-0.3, -0.25) is 4.79 Å². The zero-order valence-corrected chi connectivity index (χ0v) is 9.10. The van der Waals surface area contributed by atoms with Crippen LogP contribution in [0.15, 0.2) is 46.6 Å². The molecule has 1 unspecified atom stereocenters. The van der Waals surface area contributed by atoms with Crippen LogP contribution in [0.3, 0.4) is 0 Å². The summed E-state index contributed by atoms with van der Waals surface area (Å²) in [6, 6.07) is 0. The SMILES string of the molecule is CC(=O)O.OCC1C=CC2=C1C1=CC=C2C1. The van der Waals surface area contributed by atoms with Crippen LogP contribution in [0.5, 0.6) is 0 Å². The van der Waals surface area contributed by atoms with E-state index in [9.17, 15) is 0 Å². The van der Waals surface area contributed by atoms with E-state index in [4.69, 9.17) is 15.0 Å². The molecule has 2 N–H and O–H groups in total. The molecule has 0 spiro atoms. The highest BCUT2D eigenvalue weighted by atomic mass is 16.4. The van der Waals surface area contributed by atoms with Gasteiger partial charge in [0.15, 0.2) is 0 Å². The molecular weight excluding hydrogens is 204 g/mol. The number of allylic oxidation sites excluding steroid dienone is 6. The second-order valence-corrected chi connectivity index (χ2v) is 4.06. The lowest BCUT2D eigenvalue weighted by Crippen LogP contribution is -2.04. The summed E-state index contributed by atoms with van der Waals surface area (Å²) in [6.07, 6.45) is 9.74. The van der Waals surface area contributed by atoms with Gasteiger partial charge in [0, 0.05) is 12.8 Å². The number of aliphatic hydroxyl groups excluding tert-OH is 1. The van der Waals surface area contributed by atoms with Crippen molar-refractivity contribution in [3.63, 3.8) is 0 Å². The molecule has 0 aromatic rings. The highest BCUT2D eigenvalue weighted by Crippen LogP contribution is 2.47. The Bertz CT molecular complexity index is 446. The van der Waals surface area contributed by atoms with Crippen molar-refractivity contribution >= 4 is 5.97 Å². The zero-order chi connectivity index (χ0) is 11.7. The molecule has 0 heterocycles. The second kappa shape index (κ2) is 4.10. The molecule has 0 radical (unpaired) electrons. The van der Waals surface area contributed by atoms with Gasteiger partial charge in [-0.15, -0.1) is 0 Å². The molecule has 0 saturated heterocycles. The molecule has 0 aliphatic heterocycles. The maximum Gasteiger partial charge on any atom is 0.300 e. The molecule has 3 aliphatic carbocycles. The van der Waals surface area contributed by atoms with E-state index in [1.165, 1.54) is 22.3 Å². The molecule has 16 heavy (non-hydrogen) atoms. The quantitative estimate of drug-likeness (QED) is 0.705. The number of aliphatic hydroxyl groups is 1. The Balaban J connectivity index is 0.000000212. The van der Waals surface area contributed by atoms with Crippen molar-refractivity contribution in [2.24, 2.45) is 5.92 Å². The van der Waals surface area contributed by atoms with E-state index in [0.29, 0.717) is 0 Å². The molecule has 0 amide bonds. The number of rotatable bonds is 1. The lowest BCUT2D eigenvalue weighted by Gasteiger charge is -2.09. The number of carboxylic acids is 1. The molecule has 3 nitrogen and oxygen atoms in total. The van der Waals surface area contributed by atoms with Gasteiger partial charge in [0.2, 0.25) is 0 Å². The van der Waals surface area contributed by atoms with Crippen LogP contribution in [0, 0.1) is 5.92 Å². The number of carbonyl (C=O) groups is 1. The van der Waals surface area contributed by atoms with Crippen molar-refractivity contribution in [2.75, 3.05) is 6.61 Å². The molecule has 3 heteroatoms. The Kier molecular flexibility index (Phi) is 2.79. The van der Waals surface area contributed by atoms with Crippen molar-refractivity contribution in [2.45, 2.75) is 13.3 Å².